The van der Waals surface area contributed by atoms with Crippen LogP contribution in [0.15, 0.2) is 0 Å². The molecule has 0 heterocycles. The molecule has 0 fully saturated rings. The molecule has 0 aromatic heterocycles. The molecule has 14 heavy (non-hydrogen) atoms. The van der Waals surface area contributed by atoms with Crippen LogP contribution in [0.4, 0.5) is 0 Å². The van der Waals surface area contributed by atoms with Crippen molar-refractivity contribution in [3.05, 3.63) is 0 Å². The Balaban J connectivity index is -0.0000000145. The van der Waals surface area contributed by atoms with Gasteiger partial charge in [0.25, 0.3) is 0 Å². The standard InChI is InChI=1S/4C2H6O.Hf.Zr/c4*1-2-3;;/h4*3H,2H2,1H3;;. The van der Waals surface area contributed by atoms with Gasteiger partial charge in [-0.05, 0) is 27.7 Å². The molecule has 0 saturated carbocycles. The van der Waals surface area contributed by atoms with E-state index in [0.29, 0.717) is 0 Å². The molecule has 4 nitrogen and oxygen atoms in total. The van der Waals surface area contributed by atoms with Crippen LogP contribution in [-0.4, -0.2) is 46.9 Å². The molecule has 0 aromatic rings. The van der Waals surface area contributed by atoms with Crippen LogP contribution in [0.2, 0.25) is 0 Å². The zero-order chi connectivity index (χ0) is 10.8. The van der Waals surface area contributed by atoms with Crippen molar-refractivity contribution in [1.82, 2.24) is 0 Å². The summed E-state index contributed by atoms with van der Waals surface area (Å²) in [4.78, 5) is 0. The third kappa shape index (κ3) is 849. The van der Waals surface area contributed by atoms with Crippen molar-refractivity contribution in [3.63, 3.8) is 0 Å². The summed E-state index contributed by atoms with van der Waals surface area (Å²) in [6.07, 6.45) is 0. The minimum Gasteiger partial charge on any atom is -0.397 e. The van der Waals surface area contributed by atoms with Crippen LogP contribution in [0.5, 0.6) is 0 Å². The molecule has 0 aliphatic carbocycles. The molecule has 0 spiro atoms. The van der Waals surface area contributed by atoms with Gasteiger partial charge in [0.15, 0.2) is 0 Å². The van der Waals surface area contributed by atoms with Gasteiger partial charge < -0.3 is 20.4 Å². The van der Waals surface area contributed by atoms with E-state index in [1.807, 2.05) is 0 Å². The van der Waals surface area contributed by atoms with Crippen molar-refractivity contribution in [2.24, 2.45) is 0 Å². The van der Waals surface area contributed by atoms with E-state index in [2.05, 4.69) is 0 Å². The minimum absolute atomic E-state index is 0. The topological polar surface area (TPSA) is 80.9 Å². The van der Waals surface area contributed by atoms with E-state index in [-0.39, 0.29) is 78.5 Å². The zero-order valence-corrected chi connectivity index (χ0v) is 15.7. The second-order valence-electron chi connectivity index (χ2n) is 1.26. The molecule has 0 atom stereocenters. The first-order valence-corrected chi connectivity index (χ1v) is 4.09. The molecular weight excluding hydrogens is 430 g/mol. The molecule has 0 amide bonds. The van der Waals surface area contributed by atoms with Gasteiger partial charge in [0.1, 0.15) is 0 Å². The van der Waals surface area contributed by atoms with E-state index in [1.54, 1.807) is 27.7 Å². The molecule has 6 heteroatoms. The van der Waals surface area contributed by atoms with Gasteiger partial charge in [0, 0.05) is 78.5 Å². The summed E-state index contributed by atoms with van der Waals surface area (Å²) in [5, 5.41) is 30.3. The summed E-state index contributed by atoms with van der Waals surface area (Å²) in [7, 11) is 0. The maximum absolute atomic E-state index is 7.57. The Morgan fingerprint density at radius 3 is 0.571 bits per heavy atom. The summed E-state index contributed by atoms with van der Waals surface area (Å²) in [5.41, 5.74) is 0. The number of aliphatic hydroxyl groups excluding tert-OH is 4. The maximum atomic E-state index is 7.57. The third-order valence-corrected chi connectivity index (χ3v) is 0. The van der Waals surface area contributed by atoms with Crippen LogP contribution in [0.25, 0.3) is 0 Å². The molecule has 0 radical (unpaired) electrons. The van der Waals surface area contributed by atoms with Crippen molar-refractivity contribution >= 4 is 0 Å². The van der Waals surface area contributed by atoms with Crippen LogP contribution in [0, 0.1) is 0 Å². The molecule has 0 aliphatic rings. The van der Waals surface area contributed by atoms with Crippen molar-refractivity contribution in [3.8, 4) is 0 Å². The molecule has 4 N–H and O–H groups in total. The Kier molecular flexibility index (Phi) is 222. The van der Waals surface area contributed by atoms with Crippen LogP contribution < -0.4 is 0 Å². The van der Waals surface area contributed by atoms with Crippen LogP contribution >= 0.6 is 0 Å². The fourth-order valence-corrected chi connectivity index (χ4v) is 0. The summed E-state index contributed by atoms with van der Waals surface area (Å²) >= 11 is 0. The van der Waals surface area contributed by atoms with E-state index in [1.165, 1.54) is 0 Å². The summed E-state index contributed by atoms with van der Waals surface area (Å²) in [5.74, 6) is 0. The van der Waals surface area contributed by atoms with Gasteiger partial charge in [-0.15, -0.1) is 0 Å². The zero-order valence-electron chi connectivity index (χ0n) is 9.62. The second kappa shape index (κ2) is 86.2. The quantitative estimate of drug-likeness (QED) is 0.389. The van der Waals surface area contributed by atoms with Crippen molar-refractivity contribution in [1.29, 1.82) is 0 Å². The van der Waals surface area contributed by atoms with Gasteiger partial charge in [-0.1, -0.05) is 0 Å². The molecule has 0 rings (SSSR count). The molecular formula is C8H24HfO4Zr. The van der Waals surface area contributed by atoms with E-state index in [4.69, 9.17) is 20.4 Å². The Bertz CT molecular complexity index is 29.3. The third-order valence-electron chi connectivity index (χ3n) is 0. The fourth-order valence-electron chi connectivity index (χ4n) is 0. The summed E-state index contributed by atoms with van der Waals surface area (Å²) in [6.45, 7) is 7.72. The summed E-state index contributed by atoms with van der Waals surface area (Å²) in [6, 6.07) is 0. The Morgan fingerprint density at radius 2 is 0.571 bits per heavy atom. The van der Waals surface area contributed by atoms with Gasteiger partial charge in [-0.3, -0.25) is 0 Å². The number of rotatable bonds is 0. The smallest absolute Gasteiger partial charge is 0.0402 e. The Morgan fingerprint density at radius 1 is 0.571 bits per heavy atom. The van der Waals surface area contributed by atoms with E-state index in [9.17, 15) is 0 Å². The van der Waals surface area contributed by atoms with Crippen molar-refractivity contribution in [2.75, 3.05) is 26.4 Å². The first kappa shape index (κ1) is 36.1. The monoisotopic (exact) mass is 454 g/mol. The number of hydrogen-bond acceptors (Lipinski definition) is 4. The number of aliphatic hydroxyl groups is 4. The van der Waals surface area contributed by atoms with Gasteiger partial charge >= 0.3 is 0 Å². The normalized spacial score (nSPS) is 5.14. The largest absolute Gasteiger partial charge is 0.397 e. The SMILES string of the molecule is CCO.CCO.CCO.CCO.[Hf].[Zr]. The molecule has 88 valence electrons. The van der Waals surface area contributed by atoms with E-state index in [0.717, 1.165) is 0 Å². The Hall–Kier alpha value is 1.59. The van der Waals surface area contributed by atoms with Gasteiger partial charge in [0.05, 0.1) is 0 Å². The average molecular weight is 454 g/mol. The Labute approximate surface area is 126 Å². The average Bonchev–Trinajstić information content (AvgIpc) is 1.92. The van der Waals surface area contributed by atoms with Crippen LogP contribution in [0.1, 0.15) is 27.7 Å². The predicted octanol–water partition coefficient (Wildman–Crippen LogP) is -0.0106. The molecule has 0 aliphatic heterocycles. The molecule has 0 aromatic carbocycles. The van der Waals surface area contributed by atoms with Gasteiger partial charge in [-0.2, -0.15) is 0 Å². The summed E-state index contributed by atoms with van der Waals surface area (Å²) < 4.78 is 0. The van der Waals surface area contributed by atoms with Crippen molar-refractivity contribution in [2.45, 2.75) is 27.7 Å². The minimum atomic E-state index is 0. The molecule has 0 unspecified atom stereocenters. The van der Waals surface area contributed by atoms with E-state index < -0.39 is 0 Å². The van der Waals surface area contributed by atoms with Gasteiger partial charge in [-0.25, -0.2) is 0 Å². The molecule has 0 bridgehead atoms. The molecule has 0 saturated heterocycles. The first-order valence-electron chi connectivity index (χ1n) is 4.09. The first-order chi connectivity index (χ1) is 5.66. The van der Waals surface area contributed by atoms with Gasteiger partial charge in [0.2, 0.25) is 0 Å². The van der Waals surface area contributed by atoms with Crippen LogP contribution in [0.3, 0.4) is 0 Å². The number of hydrogen-bond donors (Lipinski definition) is 4. The van der Waals surface area contributed by atoms with Crippen molar-refractivity contribution < 1.29 is 72.5 Å². The predicted molar refractivity (Wildman–Crippen MR) is 51.0 cm³/mol. The second-order valence-corrected chi connectivity index (χ2v) is 1.26. The maximum Gasteiger partial charge on any atom is 0.0402 e. The van der Waals surface area contributed by atoms with Crippen LogP contribution in [-0.2, 0) is 52.0 Å². The van der Waals surface area contributed by atoms with E-state index >= 15 is 0 Å². The fraction of sp³-hybridized carbons (Fsp3) is 1.00.